The summed E-state index contributed by atoms with van der Waals surface area (Å²) in [4.78, 5) is 0. The van der Waals surface area contributed by atoms with Gasteiger partial charge in [-0.25, -0.2) is 0 Å². The Labute approximate surface area is 116 Å². The minimum atomic E-state index is -0.280. The highest BCUT2D eigenvalue weighted by molar-refractivity contribution is 5.25. The molecule has 1 aliphatic heterocycles. The van der Waals surface area contributed by atoms with E-state index in [0.29, 0.717) is 11.8 Å². The normalized spacial score (nSPS) is 24.9. The fourth-order valence-electron chi connectivity index (χ4n) is 2.96. The van der Waals surface area contributed by atoms with Gasteiger partial charge >= 0.3 is 0 Å². The molecule has 3 atom stereocenters. The van der Waals surface area contributed by atoms with Crippen molar-refractivity contribution >= 4 is 0 Å². The molecule has 106 valence electrons. The molecule has 0 bridgehead atoms. The molecule has 1 aliphatic rings. The van der Waals surface area contributed by atoms with Crippen LogP contribution in [0.25, 0.3) is 0 Å². The molecule has 1 fully saturated rings. The standard InChI is InChI=1S/C17H26O2/c1-4-17-15(9-10-19-17)16(18)11-13-5-7-14(8-6-13)12(2)3/h5-8,12,15-18H,4,9-11H2,1-3H3. The van der Waals surface area contributed by atoms with Gasteiger partial charge in [0.1, 0.15) is 0 Å². The Morgan fingerprint density at radius 2 is 1.95 bits per heavy atom. The van der Waals surface area contributed by atoms with E-state index in [4.69, 9.17) is 4.74 Å². The molecule has 1 saturated heterocycles. The molecule has 1 aromatic carbocycles. The van der Waals surface area contributed by atoms with Crippen LogP contribution >= 0.6 is 0 Å². The molecule has 0 spiro atoms. The summed E-state index contributed by atoms with van der Waals surface area (Å²) in [5.41, 5.74) is 2.58. The number of benzene rings is 1. The van der Waals surface area contributed by atoms with E-state index in [1.54, 1.807) is 0 Å². The highest BCUT2D eigenvalue weighted by atomic mass is 16.5. The lowest BCUT2D eigenvalue weighted by Gasteiger charge is -2.22. The van der Waals surface area contributed by atoms with Gasteiger partial charge in [-0.3, -0.25) is 0 Å². The summed E-state index contributed by atoms with van der Waals surface area (Å²) in [5, 5.41) is 10.4. The predicted octanol–water partition coefficient (Wildman–Crippen LogP) is 3.53. The molecule has 2 heteroatoms. The number of aliphatic hydroxyl groups is 1. The van der Waals surface area contributed by atoms with E-state index in [2.05, 4.69) is 45.0 Å². The highest BCUT2D eigenvalue weighted by Crippen LogP contribution is 2.28. The van der Waals surface area contributed by atoms with E-state index < -0.39 is 0 Å². The van der Waals surface area contributed by atoms with Gasteiger partial charge in [0.15, 0.2) is 0 Å². The van der Waals surface area contributed by atoms with Crippen molar-refractivity contribution in [3.8, 4) is 0 Å². The van der Waals surface area contributed by atoms with Gasteiger partial charge in [-0.2, -0.15) is 0 Å². The molecule has 0 amide bonds. The van der Waals surface area contributed by atoms with Crippen LogP contribution in [0.15, 0.2) is 24.3 Å². The van der Waals surface area contributed by atoms with Gasteiger partial charge < -0.3 is 9.84 Å². The van der Waals surface area contributed by atoms with Crippen LogP contribution in [0.3, 0.4) is 0 Å². The van der Waals surface area contributed by atoms with E-state index in [1.807, 2.05) is 0 Å². The second kappa shape index (κ2) is 6.53. The first-order valence-corrected chi connectivity index (χ1v) is 7.50. The van der Waals surface area contributed by atoms with Crippen LogP contribution in [0, 0.1) is 5.92 Å². The molecule has 1 aromatic rings. The molecule has 0 aliphatic carbocycles. The van der Waals surface area contributed by atoms with E-state index in [0.717, 1.165) is 25.9 Å². The smallest absolute Gasteiger partial charge is 0.0634 e. The van der Waals surface area contributed by atoms with Crippen LogP contribution in [-0.2, 0) is 11.2 Å². The van der Waals surface area contributed by atoms with Crippen LogP contribution in [0.2, 0.25) is 0 Å². The molecule has 3 unspecified atom stereocenters. The van der Waals surface area contributed by atoms with E-state index >= 15 is 0 Å². The largest absolute Gasteiger partial charge is 0.392 e. The SMILES string of the molecule is CCC1OCCC1C(O)Cc1ccc(C(C)C)cc1. The van der Waals surface area contributed by atoms with E-state index in [9.17, 15) is 5.11 Å². The van der Waals surface area contributed by atoms with Gasteiger partial charge in [0.2, 0.25) is 0 Å². The zero-order chi connectivity index (χ0) is 13.8. The molecule has 19 heavy (non-hydrogen) atoms. The second-order valence-corrected chi connectivity index (χ2v) is 5.94. The number of aliphatic hydroxyl groups excluding tert-OH is 1. The maximum atomic E-state index is 10.4. The Morgan fingerprint density at radius 3 is 2.53 bits per heavy atom. The third-order valence-electron chi connectivity index (χ3n) is 4.25. The number of ether oxygens (including phenoxy) is 1. The number of hydrogen-bond acceptors (Lipinski definition) is 2. The van der Waals surface area contributed by atoms with Crippen LogP contribution in [-0.4, -0.2) is 23.9 Å². The Morgan fingerprint density at radius 1 is 1.26 bits per heavy atom. The van der Waals surface area contributed by atoms with Crippen LogP contribution < -0.4 is 0 Å². The molecular formula is C17H26O2. The Kier molecular flexibility index (Phi) is 5.00. The zero-order valence-electron chi connectivity index (χ0n) is 12.3. The molecule has 1 N–H and O–H groups in total. The summed E-state index contributed by atoms with van der Waals surface area (Å²) in [6.45, 7) is 7.33. The maximum Gasteiger partial charge on any atom is 0.0634 e. The molecule has 0 radical (unpaired) electrons. The lowest BCUT2D eigenvalue weighted by atomic mass is 9.89. The number of rotatable bonds is 5. The van der Waals surface area contributed by atoms with Gasteiger partial charge in [0.05, 0.1) is 12.2 Å². The van der Waals surface area contributed by atoms with Gasteiger partial charge in [-0.15, -0.1) is 0 Å². The first-order chi connectivity index (χ1) is 9.11. The molecule has 0 aromatic heterocycles. The minimum absolute atomic E-state index is 0.241. The summed E-state index contributed by atoms with van der Waals surface area (Å²) in [6.07, 6.45) is 2.68. The van der Waals surface area contributed by atoms with Crippen LogP contribution in [0.1, 0.15) is 50.7 Å². The van der Waals surface area contributed by atoms with Crippen molar-refractivity contribution in [2.75, 3.05) is 6.61 Å². The van der Waals surface area contributed by atoms with Gasteiger partial charge in [-0.05, 0) is 36.3 Å². The summed E-state index contributed by atoms with van der Waals surface area (Å²) < 4.78 is 5.66. The fourth-order valence-corrected chi connectivity index (χ4v) is 2.96. The van der Waals surface area contributed by atoms with Crippen LogP contribution in [0.5, 0.6) is 0 Å². The first-order valence-electron chi connectivity index (χ1n) is 7.50. The van der Waals surface area contributed by atoms with Gasteiger partial charge in [-0.1, -0.05) is 45.0 Å². The molecule has 2 rings (SSSR count). The van der Waals surface area contributed by atoms with E-state index in [1.165, 1.54) is 11.1 Å². The fraction of sp³-hybridized carbons (Fsp3) is 0.647. The molecular weight excluding hydrogens is 236 g/mol. The van der Waals surface area contributed by atoms with Crippen molar-refractivity contribution in [1.29, 1.82) is 0 Å². The Bertz CT molecular complexity index is 383. The van der Waals surface area contributed by atoms with Crippen LogP contribution in [0.4, 0.5) is 0 Å². The lowest BCUT2D eigenvalue weighted by molar-refractivity contribution is 0.0318. The van der Waals surface area contributed by atoms with E-state index in [-0.39, 0.29) is 12.2 Å². The molecule has 0 saturated carbocycles. The van der Waals surface area contributed by atoms with Crippen molar-refractivity contribution in [3.63, 3.8) is 0 Å². The van der Waals surface area contributed by atoms with Crippen molar-refractivity contribution in [1.82, 2.24) is 0 Å². The number of hydrogen-bond donors (Lipinski definition) is 1. The topological polar surface area (TPSA) is 29.5 Å². The summed E-state index contributed by atoms with van der Waals surface area (Å²) in [7, 11) is 0. The monoisotopic (exact) mass is 262 g/mol. The summed E-state index contributed by atoms with van der Waals surface area (Å²) >= 11 is 0. The zero-order valence-corrected chi connectivity index (χ0v) is 12.3. The Hall–Kier alpha value is -0.860. The summed E-state index contributed by atoms with van der Waals surface area (Å²) in [5.74, 6) is 0.862. The first kappa shape index (κ1) is 14.5. The quantitative estimate of drug-likeness (QED) is 0.879. The third-order valence-corrected chi connectivity index (χ3v) is 4.25. The van der Waals surface area contributed by atoms with Gasteiger partial charge in [0.25, 0.3) is 0 Å². The average molecular weight is 262 g/mol. The predicted molar refractivity (Wildman–Crippen MR) is 78.4 cm³/mol. The maximum absolute atomic E-state index is 10.4. The van der Waals surface area contributed by atoms with Crippen molar-refractivity contribution in [2.45, 2.75) is 58.2 Å². The lowest BCUT2D eigenvalue weighted by Crippen LogP contribution is -2.29. The second-order valence-electron chi connectivity index (χ2n) is 5.94. The van der Waals surface area contributed by atoms with Crippen molar-refractivity contribution < 1.29 is 9.84 Å². The van der Waals surface area contributed by atoms with Gasteiger partial charge in [0, 0.05) is 12.5 Å². The molecule has 2 nitrogen and oxygen atoms in total. The third kappa shape index (κ3) is 3.58. The minimum Gasteiger partial charge on any atom is -0.392 e. The van der Waals surface area contributed by atoms with Crippen molar-refractivity contribution in [3.05, 3.63) is 35.4 Å². The molecule has 1 heterocycles. The summed E-state index contributed by atoms with van der Waals surface area (Å²) in [6, 6.07) is 8.65. The van der Waals surface area contributed by atoms with Crippen molar-refractivity contribution in [2.24, 2.45) is 5.92 Å². The Balaban J connectivity index is 1.96. The average Bonchev–Trinajstić information content (AvgIpc) is 2.87. The highest BCUT2D eigenvalue weighted by Gasteiger charge is 2.32.